The molecule has 2 aliphatic carbocycles. The number of nitrogens with zero attached hydrogens (tertiary/aromatic N) is 1. The first kappa shape index (κ1) is 19.7. The van der Waals surface area contributed by atoms with E-state index in [0.29, 0.717) is 17.9 Å². The summed E-state index contributed by atoms with van der Waals surface area (Å²) in [5, 5.41) is 3.13. The zero-order valence-corrected chi connectivity index (χ0v) is 16.5. The molecule has 1 N–H and O–H groups in total. The van der Waals surface area contributed by atoms with Gasteiger partial charge < -0.3 is 5.32 Å². The predicted molar refractivity (Wildman–Crippen MR) is 109 cm³/mol. The van der Waals surface area contributed by atoms with Crippen molar-refractivity contribution in [2.24, 2.45) is 0 Å². The van der Waals surface area contributed by atoms with Crippen LogP contribution >= 0.6 is 0 Å². The summed E-state index contributed by atoms with van der Waals surface area (Å²) in [4.78, 5) is 17.1. The average molecular weight is 396 g/mol. The highest BCUT2D eigenvalue weighted by atomic mass is 19.1. The van der Waals surface area contributed by atoms with Crippen molar-refractivity contribution in [2.45, 2.75) is 63.3 Å². The van der Waals surface area contributed by atoms with Crippen molar-refractivity contribution >= 4 is 12.0 Å². The molecule has 2 unspecified atom stereocenters. The molecule has 1 saturated carbocycles. The Morgan fingerprint density at radius 1 is 1.17 bits per heavy atom. The third-order valence-electron chi connectivity index (χ3n) is 5.97. The fourth-order valence-corrected chi connectivity index (χ4v) is 4.59. The van der Waals surface area contributed by atoms with Crippen LogP contribution in [0.4, 0.5) is 8.78 Å². The molecule has 5 heteroatoms. The molecule has 3 nitrogen and oxygen atoms in total. The van der Waals surface area contributed by atoms with Gasteiger partial charge in [0.15, 0.2) is 0 Å². The third kappa shape index (κ3) is 4.89. The second-order valence-electron chi connectivity index (χ2n) is 8.12. The molecule has 29 heavy (non-hydrogen) atoms. The largest absolute Gasteiger partial charge is 0.353 e. The standard InChI is InChI=1S/C24H26F2N2O/c25-19-12-16(13-20(26)15-19)8-9-23(29)28-21-6-3-5-18(14-21)24-22-7-2-1-4-17(22)10-11-27-24/h2,7,10-13,15,18,21H,1,3-6,8-9,14H2,(H,28,29). The van der Waals surface area contributed by atoms with Crippen molar-refractivity contribution in [3.63, 3.8) is 0 Å². The van der Waals surface area contributed by atoms with Crippen molar-refractivity contribution < 1.29 is 13.6 Å². The van der Waals surface area contributed by atoms with Gasteiger partial charge in [0.1, 0.15) is 11.6 Å². The summed E-state index contributed by atoms with van der Waals surface area (Å²) in [5.74, 6) is -0.932. The maximum absolute atomic E-state index is 13.3. The van der Waals surface area contributed by atoms with Crippen LogP contribution < -0.4 is 5.32 Å². The third-order valence-corrected chi connectivity index (χ3v) is 5.97. The monoisotopic (exact) mass is 396 g/mol. The van der Waals surface area contributed by atoms with Crippen LogP contribution in [0.2, 0.25) is 0 Å². The summed E-state index contributed by atoms with van der Waals surface area (Å²) in [7, 11) is 0. The van der Waals surface area contributed by atoms with Crippen LogP contribution in [0.15, 0.2) is 36.5 Å². The lowest BCUT2D eigenvalue weighted by Crippen LogP contribution is -2.38. The Balaban J connectivity index is 1.36. The van der Waals surface area contributed by atoms with Gasteiger partial charge in [-0.05, 0) is 73.4 Å². The van der Waals surface area contributed by atoms with Gasteiger partial charge in [-0.2, -0.15) is 0 Å². The van der Waals surface area contributed by atoms with Gasteiger partial charge in [-0.25, -0.2) is 8.78 Å². The summed E-state index contributed by atoms with van der Waals surface area (Å²) in [6.07, 6.45) is 13.0. The minimum atomic E-state index is -0.608. The van der Waals surface area contributed by atoms with E-state index in [-0.39, 0.29) is 18.4 Å². The Morgan fingerprint density at radius 3 is 2.83 bits per heavy atom. The first-order chi connectivity index (χ1) is 14.1. The smallest absolute Gasteiger partial charge is 0.220 e. The van der Waals surface area contributed by atoms with Crippen molar-refractivity contribution in [3.05, 3.63) is 70.6 Å². The number of hydrogen-bond acceptors (Lipinski definition) is 2. The molecule has 1 amide bonds. The molecule has 2 aromatic rings. The zero-order valence-electron chi connectivity index (χ0n) is 16.5. The molecule has 152 valence electrons. The SMILES string of the molecule is O=C(CCc1cc(F)cc(F)c1)NC1CCCC(c2nccc3c2C=CCC3)C1. The summed E-state index contributed by atoms with van der Waals surface area (Å²) < 4.78 is 26.6. The number of carbonyl (C=O) groups excluding carboxylic acids is 1. The lowest BCUT2D eigenvalue weighted by molar-refractivity contribution is -0.122. The Labute approximate surface area is 170 Å². The van der Waals surface area contributed by atoms with E-state index < -0.39 is 11.6 Å². The van der Waals surface area contributed by atoms with Gasteiger partial charge in [0.25, 0.3) is 0 Å². The van der Waals surface area contributed by atoms with Gasteiger partial charge in [0.05, 0.1) is 5.69 Å². The molecule has 1 fully saturated rings. The van der Waals surface area contributed by atoms with E-state index in [1.165, 1.54) is 23.3 Å². The van der Waals surface area contributed by atoms with E-state index in [1.54, 1.807) is 0 Å². The molecule has 1 aromatic carbocycles. The number of halogens is 2. The lowest BCUT2D eigenvalue weighted by Gasteiger charge is -2.31. The number of rotatable bonds is 5. The van der Waals surface area contributed by atoms with E-state index in [9.17, 15) is 13.6 Å². The number of benzene rings is 1. The highest BCUT2D eigenvalue weighted by Gasteiger charge is 2.27. The zero-order chi connectivity index (χ0) is 20.2. The van der Waals surface area contributed by atoms with E-state index >= 15 is 0 Å². The molecule has 0 radical (unpaired) electrons. The first-order valence-electron chi connectivity index (χ1n) is 10.5. The number of nitrogens with one attached hydrogen (secondary N) is 1. The number of fused-ring (bicyclic) bond motifs is 1. The second-order valence-corrected chi connectivity index (χ2v) is 8.12. The van der Waals surface area contributed by atoms with Crippen LogP contribution in [-0.4, -0.2) is 16.9 Å². The van der Waals surface area contributed by atoms with Crippen LogP contribution in [0.25, 0.3) is 6.08 Å². The number of hydrogen-bond donors (Lipinski definition) is 1. The maximum atomic E-state index is 13.3. The normalized spacial score (nSPS) is 20.9. The molecule has 2 aliphatic rings. The first-order valence-corrected chi connectivity index (χ1v) is 10.5. The van der Waals surface area contributed by atoms with Gasteiger partial charge in [-0.1, -0.05) is 18.6 Å². The van der Waals surface area contributed by atoms with Crippen LogP contribution in [-0.2, 0) is 17.6 Å². The molecule has 0 spiro atoms. The minimum absolute atomic E-state index is 0.0664. The number of carbonyl (C=O) groups is 1. The van der Waals surface area contributed by atoms with Crippen LogP contribution in [0, 0.1) is 11.6 Å². The molecular formula is C24H26F2N2O. The summed E-state index contributed by atoms with van der Waals surface area (Å²) in [6, 6.07) is 5.64. The van der Waals surface area contributed by atoms with E-state index in [2.05, 4.69) is 28.5 Å². The molecule has 2 atom stereocenters. The highest BCUT2D eigenvalue weighted by Crippen LogP contribution is 2.36. The second kappa shape index (κ2) is 8.85. The molecule has 0 aliphatic heterocycles. The summed E-state index contributed by atoms with van der Waals surface area (Å²) in [6.45, 7) is 0. The van der Waals surface area contributed by atoms with Crippen LogP contribution in [0.5, 0.6) is 0 Å². The van der Waals surface area contributed by atoms with Crippen molar-refractivity contribution in [2.75, 3.05) is 0 Å². The van der Waals surface area contributed by atoms with Crippen molar-refractivity contribution in [3.8, 4) is 0 Å². The number of amides is 1. The van der Waals surface area contributed by atoms with Gasteiger partial charge in [-0.15, -0.1) is 0 Å². The van der Waals surface area contributed by atoms with E-state index in [0.717, 1.165) is 50.3 Å². The van der Waals surface area contributed by atoms with Gasteiger partial charge in [0.2, 0.25) is 5.91 Å². The number of allylic oxidation sites excluding steroid dienone is 1. The fraction of sp³-hybridized carbons (Fsp3) is 0.417. The molecule has 4 rings (SSSR count). The van der Waals surface area contributed by atoms with Gasteiger partial charge in [-0.3, -0.25) is 9.78 Å². The minimum Gasteiger partial charge on any atom is -0.353 e. The Bertz CT molecular complexity index is 905. The fourth-order valence-electron chi connectivity index (χ4n) is 4.59. The van der Waals surface area contributed by atoms with Gasteiger partial charge >= 0.3 is 0 Å². The molecular weight excluding hydrogens is 370 g/mol. The number of aromatic nitrogens is 1. The highest BCUT2D eigenvalue weighted by molar-refractivity contribution is 5.76. The maximum Gasteiger partial charge on any atom is 0.220 e. The van der Waals surface area contributed by atoms with Crippen LogP contribution in [0.1, 0.15) is 66.8 Å². The Morgan fingerprint density at radius 2 is 2.00 bits per heavy atom. The topological polar surface area (TPSA) is 42.0 Å². The van der Waals surface area contributed by atoms with Gasteiger partial charge in [0, 0.05) is 30.6 Å². The lowest BCUT2D eigenvalue weighted by atomic mass is 9.80. The predicted octanol–water partition coefficient (Wildman–Crippen LogP) is 5.09. The number of pyridine rings is 1. The molecule has 1 aromatic heterocycles. The Hall–Kier alpha value is -2.56. The average Bonchev–Trinajstić information content (AvgIpc) is 2.71. The summed E-state index contributed by atoms with van der Waals surface area (Å²) >= 11 is 0. The quantitative estimate of drug-likeness (QED) is 0.764. The van der Waals surface area contributed by atoms with Crippen molar-refractivity contribution in [1.29, 1.82) is 0 Å². The van der Waals surface area contributed by atoms with Crippen LogP contribution in [0.3, 0.4) is 0 Å². The molecule has 0 bridgehead atoms. The molecule has 1 heterocycles. The van der Waals surface area contributed by atoms with E-state index in [1.807, 2.05) is 6.20 Å². The summed E-state index contributed by atoms with van der Waals surface area (Å²) in [5.41, 5.74) is 4.30. The molecule has 0 saturated heterocycles. The van der Waals surface area contributed by atoms with E-state index in [4.69, 9.17) is 0 Å². The number of aryl methyl sites for hydroxylation is 2. The Kier molecular flexibility index (Phi) is 6.02. The van der Waals surface area contributed by atoms with Crippen molar-refractivity contribution in [1.82, 2.24) is 10.3 Å².